The van der Waals surface area contributed by atoms with Crippen LogP contribution in [0.5, 0.6) is 11.5 Å². The van der Waals surface area contributed by atoms with E-state index in [4.69, 9.17) is 9.47 Å². The molecule has 2 aromatic carbocycles. The molecule has 1 aliphatic rings. The smallest absolute Gasteiger partial charge is 0.232 e. The summed E-state index contributed by atoms with van der Waals surface area (Å²) >= 11 is 1.66. The van der Waals surface area contributed by atoms with Crippen LogP contribution in [-0.4, -0.2) is 36.3 Å². The fraction of sp³-hybridized carbons (Fsp3) is 0.381. The largest absolute Gasteiger partial charge is 0.486 e. The van der Waals surface area contributed by atoms with Crippen molar-refractivity contribution in [1.82, 2.24) is 4.90 Å². The van der Waals surface area contributed by atoms with Gasteiger partial charge in [-0.05, 0) is 25.5 Å². The number of thioether (sulfide) groups is 1. The van der Waals surface area contributed by atoms with Crippen LogP contribution in [0.3, 0.4) is 0 Å². The van der Waals surface area contributed by atoms with E-state index in [2.05, 4.69) is 31.2 Å². The zero-order chi connectivity index (χ0) is 18.4. The van der Waals surface area contributed by atoms with Crippen molar-refractivity contribution in [2.24, 2.45) is 0 Å². The van der Waals surface area contributed by atoms with Gasteiger partial charge in [0.05, 0.1) is 5.75 Å². The Morgan fingerprint density at radius 2 is 1.88 bits per heavy atom. The van der Waals surface area contributed by atoms with Crippen molar-refractivity contribution in [2.45, 2.75) is 26.1 Å². The molecule has 0 atom stereocenters. The number of nitrogens with zero attached hydrogens (tertiary/aromatic N) is 1. The third-order valence-electron chi connectivity index (χ3n) is 4.36. The second kappa shape index (κ2) is 8.99. The van der Waals surface area contributed by atoms with Crippen molar-refractivity contribution in [3.05, 3.63) is 59.2 Å². The highest BCUT2D eigenvalue weighted by molar-refractivity contribution is 7.99. The van der Waals surface area contributed by atoms with Crippen molar-refractivity contribution in [3.63, 3.8) is 0 Å². The first kappa shape index (κ1) is 18.6. The third kappa shape index (κ3) is 4.73. The quantitative estimate of drug-likeness (QED) is 0.736. The van der Waals surface area contributed by atoms with Gasteiger partial charge in [0.1, 0.15) is 13.2 Å². The van der Waals surface area contributed by atoms with Gasteiger partial charge in [0.15, 0.2) is 11.5 Å². The maximum absolute atomic E-state index is 12.6. The van der Waals surface area contributed by atoms with Crippen molar-refractivity contribution < 1.29 is 14.3 Å². The number of hydrogen-bond acceptors (Lipinski definition) is 4. The van der Waals surface area contributed by atoms with Crippen LogP contribution in [-0.2, 0) is 17.1 Å². The van der Waals surface area contributed by atoms with Gasteiger partial charge in [0.25, 0.3) is 0 Å². The molecule has 1 amide bonds. The Kier molecular flexibility index (Phi) is 6.45. The molecule has 1 heterocycles. The number of carbonyl (C=O) groups is 1. The molecular formula is C21H25NO3S. The minimum Gasteiger partial charge on any atom is -0.486 e. The van der Waals surface area contributed by atoms with E-state index >= 15 is 0 Å². The molecule has 0 spiro atoms. The van der Waals surface area contributed by atoms with Gasteiger partial charge in [-0.15, -0.1) is 11.8 Å². The predicted molar refractivity (Wildman–Crippen MR) is 106 cm³/mol. The fourth-order valence-corrected chi connectivity index (χ4v) is 3.76. The van der Waals surface area contributed by atoms with Gasteiger partial charge < -0.3 is 14.4 Å². The van der Waals surface area contributed by atoms with Gasteiger partial charge in [-0.25, -0.2) is 0 Å². The zero-order valence-corrected chi connectivity index (χ0v) is 16.2. The van der Waals surface area contributed by atoms with E-state index < -0.39 is 0 Å². The second-order valence-electron chi connectivity index (χ2n) is 6.33. The highest BCUT2D eigenvalue weighted by Crippen LogP contribution is 2.34. The molecule has 4 nitrogen and oxygen atoms in total. The van der Waals surface area contributed by atoms with E-state index in [9.17, 15) is 4.79 Å². The van der Waals surface area contributed by atoms with E-state index in [0.29, 0.717) is 32.1 Å². The lowest BCUT2D eigenvalue weighted by Gasteiger charge is -2.25. The van der Waals surface area contributed by atoms with E-state index in [1.807, 2.05) is 30.0 Å². The number of carbonyl (C=O) groups excluding carboxylic acids is 1. The van der Waals surface area contributed by atoms with Gasteiger partial charge in [-0.1, -0.05) is 42.0 Å². The summed E-state index contributed by atoms with van der Waals surface area (Å²) < 4.78 is 11.4. The van der Waals surface area contributed by atoms with Crippen LogP contribution in [0.25, 0.3) is 0 Å². The molecule has 0 fully saturated rings. The van der Waals surface area contributed by atoms with Crippen molar-refractivity contribution in [1.29, 1.82) is 0 Å². The molecule has 0 N–H and O–H groups in total. The Labute approximate surface area is 159 Å². The van der Waals surface area contributed by atoms with Gasteiger partial charge in [-0.2, -0.15) is 0 Å². The zero-order valence-electron chi connectivity index (χ0n) is 15.4. The maximum atomic E-state index is 12.6. The third-order valence-corrected chi connectivity index (χ3v) is 5.35. The van der Waals surface area contributed by atoms with Crippen LogP contribution in [0, 0.1) is 6.92 Å². The molecule has 138 valence electrons. The van der Waals surface area contributed by atoms with E-state index in [-0.39, 0.29) is 5.91 Å². The molecule has 0 saturated carbocycles. The molecule has 0 aromatic heterocycles. The number of amides is 1. The highest BCUT2D eigenvalue weighted by Gasteiger charge is 2.19. The first-order valence-electron chi connectivity index (χ1n) is 8.96. The average molecular weight is 372 g/mol. The monoisotopic (exact) mass is 371 g/mol. The summed E-state index contributed by atoms with van der Waals surface area (Å²) in [6.07, 6.45) is 0. The van der Waals surface area contributed by atoms with Gasteiger partial charge in [0.2, 0.25) is 5.91 Å². The Bertz CT molecular complexity index is 745. The first-order valence-corrected chi connectivity index (χ1v) is 10.1. The normalized spacial score (nSPS) is 12.7. The van der Waals surface area contributed by atoms with Crippen molar-refractivity contribution >= 4 is 17.7 Å². The lowest BCUT2D eigenvalue weighted by atomic mass is 10.1. The number of fused-ring (bicyclic) bond motifs is 1. The summed E-state index contributed by atoms with van der Waals surface area (Å²) in [7, 11) is 0. The molecule has 1 aliphatic heterocycles. The second-order valence-corrected chi connectivity index (χ2v) is 7.31. The predicted octanol–water partition coefficient (Wildman–Crippen LogP) is 4.05. The summed E-state index contributed by atoms with van der Waals surface area (Å²) in [5.74, 6) is 3.03. The standard InChI is InChI=1S/C21H25NO3S/c1-3-22(13-18-5-4-6-19-21(18)25-12-11-24-19)20(23)15-26-14-17-9-7-16(2)8-10-17/h4-10H,3,11-15H2,1-2H3. The number of benzene rings is 2. The minimum absolute atomic E-state index is 0.152. The number of rotatable bonds is 7. The maximum Gasteiger partial charge on any atom is 0.232 e. The molecule has 0 bridgehead atoms. The summed E-state index contributed by atoms with van der Waals surface area (Å²) in [5.41, 5.74) is 3.50. The molecule has 0 unspecified atom stereocenters. The first-order chi connectivity index (χ1) is 12.7. The molecule has 3 rings (SSSR count). The molecule has 5 heteroatoms. The molecule has 2 aromatic rings. The van der Waals surface area contributed by atoms with Gasteiger partial charge >= 0.3 is 0 Å². The Balaban J connectivity index is 1.56. The van der Waals surface area contributed by atoms with E-state index in [1.165, 1.54) is 11.1 Å². The molecule has 26 heavy (non-hydrogen) atoms. The molecule has 0 radical (unpaired) electrons. The van der Waals surface area contributed by atoms with E-state index in [1.54, 1.807) is 11.8 Å². The number of aryl methyl sites for hydroxylation is 1. The van der Waals surface area contributed by atoms with Gasteiger partial charge in [0, 0.05) is 24.4 Å². The lowest BCUT2D eigenvalue weighted by Crippen LogP contribution is -2.32. The summed E-state index contributed by atoms with van der Waals surface area (Å²) in [6, 6.07) is 14.3. The highest BCUT2D eigenvalue weighted by atomic mass is 32.2. The summed E-state index contributed by atoms with van der Waals surface area (Å²) in [4.78, 5) is 14.5. The van der Waals surface area contributed by atoms with Crippen LogP contribution in [0.1, 0.15) is 23.6 Å². The summed E-state index contributed by atoms with van der Waals surface area (Å²) in [5, 5.41) is 0. The van der Waals surface area contributed by atoms with Crippen molar-refractivity contribution in [3.8, 4) is 11.5 Å². The van der Waals surface area contributed by atoms with Crippen LogP contribution < -0.4 is 9.47 Å². The molecule has 0 aliphatic carbocycles. The molecule has 0 saturated heterocycles. The minimum atomic E-state index is 0.152. The molecular weight excluding hydrogens is 346 g/mol. The SMILES string of the molecule is CCN(Cc1cccc2c1OCCO2)C(=O)CSCc1ccc(C)cc1. The number of para-hydroxylation sites is 1. The summed E-state index contributed by atoms with van der Waals surface area (Å²) in [6.45, 7) is 6.44. The fourth-order valence-electron chi connectivity index (χ4n) is 2.87. The number of hydrogen-bond donors (Lipinski definition) is 0. The van der Waals surface area contributed by atoms with Crippen LogP contribution in [0.4, 0.5) is 0 Å². The lowest BCUT2D eigenvalue weighted by molar-refractivity contribution is -0.128. The Morgan fingerprint density at radius 1 is 1.12 bits per heavy atom. The van der Waals surface area contributed by atoms with Crippen LogP contribution >= 0.6 is 11.8 Å². The van der Waals surface area contributed by atoms with Crippen LogP contribution in [0.15, 0.2) is 42.5 Å². The Morgan fingerprint density at radius 3 is 2.65 bits per heavy atom. The van der Waals surface area contributed by atoms with E-state index in [0.717, 1.165) is 22.8 Å². The van der Waals surface area contributed by atoms with Gasteiger partial charge in [-0.3, -0.25) is 4.79 Å². The van der Waals surface area contributed by atoms with Crippen LogP contribution in [0.2, 0.25) is 0 Å². The Hall–Kier alpha value is -2.14. The average Bonchev–Trinajstić information content (AvgIpc) is 2.67. The van der Waals surface area contributed by atoms with Crippen molar-refractivity contribution in [2.75, 3.05) is 25.5 Å². The number of ether oxygens (including phenoxy) is 2. The topological polar surface area (TPSA) is 38.8 Å².